The fourth-order valence-corrected chi connectivity index (χ4v) is 18.5. The largest absolute Gasteiger partial charge is 0.456 e. The van der Waals surface area contributed by atoms with Gasteiger partial charge in [0.1, 0.15) is 0 Å². The Labute approximate surface area is 104 Å². The molecule has 0 saturated carbocycles. The van der Waals surface area contributed by atoms with E-state index >= 15 is 0 Å². The van der Waals surface area contributed by atoms with E-state index in [2.05, 4.69) is 26.2 Å². The molecule has 16 heavy (non-hydrogen) atoms. The minimum absolute atomic E-state index is 0.727. The maximum Gasteiger partial charge on any atom is 0.182 e. The van der Waals surface area contributed by atoms with E-state index in [1.54, 1.807) is 0 Å². The Balaban J connectivity index is 4.61. The minimum atomic E-state index is -2.02. The van der Waals surface area contributed by atoms with Crippen LogP contribution in [-0.2, 0) is 4.12 Å². The van der Waals surface area contributed by atoms with E-state index in [-0.39, 0.29) is 0 Å². The monoisotopic (exact) mass is 279 g/mol. The van der Waals surface area contributed by atoms with Crippen molar-refractivity contribution in [3.63, 3.8) is 0 Å². The van der Waals surface area contributed by atoms with E-state index in [1.165, 1.54) is 0 Å². The molecule has 3 N–H and O–H groups in total. The second-order valence-corrected chi connectivity index (χ2v) is 20.0. The molecule has 6 heteroatoms. The van der Waals surface area contributed by atoms with Crippen LogP contribution in [0.15, 0.2) is 0 Å². The summed E-state index contributed by atoms with van der Waals surface area (Å²) in [6.45, 7) is 13.7. The predicted octanol–water partition coefficient (Wildman–Crippen LogP) is 2.50. The van der Waals surface area contributed by atoms with E-state index in [0.717, 1.165) is 24.7 Å². The van der Waals surface area contributed by atoms with Crippen LogP contribution in [0.2, 0.25) is 51.0 Å². The fourth-order valence-electron chi connectivity index (χ4n) is 2.31. The van der Waals surface area contributed by atoms with Gasteiger partial charge in [-0.1, -0.05) is 0 Å². The third-order valence-electron chi connectivity index (χ3n) is 2.27. The highest BCUT2D eigenvalue weighted by molar-refractivity contribution is 6.94. The van der Waals surface area contributed by atoms with Gasteiger partial charge >= 0.3 is 0 Å². The molecule has 0 aliphatic rings. The van der Waals surface area contributed by atoms with Crippen LogP contribution in [0.5, 0.6) is 0 Å². The number of hydrogen-bond acceptors (Lipinski definition) is 3. The summed E-state index contributed by atoms with van der Waals surface area (Å²) in [5.41, 5.74) is 6.52. The Hall–Kier alpha value is 0.531. The lowest BCUT2D eigenvalue weighted by Crippen LogP contribution is -2.50. The predicted molar refractivity (Wildman–Crippen MR) is 79.0 cm³/mol. The van der Waals surface area contributed by atoms with Gasteiger partial charge in [-0.25, -0.2) is 0 Å². The zero-order valence-electron chi connectivity index (χ0n) is 11.8. The van der Waals surface area contributed by atoms with Crippen LogP contribution in [0.3, 0.4) is 0 Å². The molecule has 1 unspecified atom stereocenters. The van der Waals surface area contributed by atoms with Crippen LogP contribution < -0.4 is 5.73 Å². The van der Waals surface area contributed by atoms with Crippen LogP contribution in [0, 0.1) is 0 Å². The zero-order chi connectivity index (χ0) is 13.0. The molecule has 0 saturated heterocycles. The highest BCUT2D eigenvalue weighted by Crippen LogP contribution is 2.27. The third kappa shape index (κ3) is 8.66. The quantitative estimate of drug-likeness (QED) is 0.704. The van der Waals surface area contributed by atoms with Gasteiger partial charge in [0.15, 0.2) is 25.0 Å². The molecule has 0 spiro atoms. The summed E-state index contributed by atoms with van der Waals surface area (Å²) in [5.74, 6) is 0. The fraction of sp³-hybridized carbons (Fsp3) is 1.00. The van der Waals surface area contributed by atoms with Gasteiger partial charge < -0.3 is 14.6 Å². The number of nitrogens with two attached hydrogens (primary N) is 1. The molecule has 0 aromatic heterocycles. The minimum Gasteiger partial charge on any atom is -0.456 e. The lowest BCUT2D eigenvalue weighted by atomic mass is 10.5. The third-order valence-corrected chi connectivity index (χ3v) is 14.6. The van der Waals surface area contributed by atoms with Crippen molar-refractivity contribution < 1.29 is 8.91 Å². The van der Waals surface area contributed by atoms with E-state index in [9.17, 15) is 4.80 Å². The lowest BCUT2D eigenvalue weighted by Gasteiger charge is -2.37. The average molecular weight is 280 g/mol. The van der Waals surface area contributed by atoms with Crippen molar-refractivity contribution in [1.82, 2.24) is 0 Å². The second kappa shape index (κ2) is 5.92. The molecular weight excluding hydrogens is 250 g/mol. The summed E-state index contributed by atoms with van der Waals surface area (Å²) in [5, 5.41) is 0. The molecule has 0 fully saturated rings. The molecule has 0 aliphatic carbocycles. The van der Waals surface area contributed by atoms with Gasteiger partial charge in [-0.15, -0.1) is 0 Å². The first-order valence-corrected chi connectivity index (χ1v) is 15.5. The molecule has 1 atom stereocenters. The first-order valence-electron chi connectivity index (χ1n) is 6.10. The van der Waals surface area contributed by atoms with Crippen LogP contribution in [0.25, 0.3) is 0 Å². The van der Waals surface area contributed by atoms with Crippen LogP contribution >= 0.6 is 0 Å². The smallest absolute Gasteiger partial charge is 0.182 e. The van der Waals surface area contributed by atoms with Crippen molar-refractivity contribution >= 4 is 25.0 Å². The molecule has 0 aromatic rings. The van der Waals surface area contributed by atoms with E-state index in [1.807, 2.05) is 13.1 Å². The lowest BCUT2D eigenvalue weighted by molar-refractivity contribution is 0.521. The SMILES string of the molecule is C[Si](C)(O)C[Si](C)(CCCN)O[Si](C)(C)C. The van der Waals surface area contributed by atoms with Gasteiger partial charge in [0.05, 0.1) is 0 Å². The molecule has 98 valence electrons. The molecular formula is C10H29NO2Si3. The van der Waals surface area contributed by atoms with Crippen molar-refractivity contribution in [2.75, 3.05) is 6.54 Å². The summed E-state index contributed by atoms with van der Waals surface area (Å²) >= 11 is 0. The Bertz CT molecular complexity index is 195. The van der Waals surface area contributed by atoms with Crippen molar-refractivity contribution in [2.24, 2.45) is 5.73 Å². The van der Waals surface area contributed by atoms with Crippen molar-refractivity contribution in [3.8, 4) is 0 Å². The molecule has 3 nitrogen and oxygen atoms in total. The average Bonchev–Trinajstić information content (AvgIpc) is 1.93. The Kier molecular flexibility index (Phi) is 6.12. The molecule has 0 heterocycles. The van der Waals surface area contributed by atoms with E-state index in [4.69, 9.17) is 9.85 Å². The second-order valence-electron chi connectivity index (χ2n) is 6.55. The molecule has 0 rings (SSSR count). The van der Waals surface area contributed by atoms with E-state index < -0.39 is 25.0 Å². The van der Waals surface area contributed by atoms with Crippen LogP contribution in [0.4, 0.5) is 0 Å². The van der Waals surface area contributed by atoms with Gasteiger partial charge in [0.2, 0.25) is 0 Å². The normalized spacial score (nSPS) is 17.2. The van der Waals surface area contributed by atoms with Crippen molar-refractivity contribution in [2.45, 2.75) is 57.4 Å². The number of hydrogen-bond donors (Lipinski definition) is 2. The van der Waals surface area contributed by atoms with Gasteiger partial charge in [0.25, 0.3) is 0 Å². The maximum absolute atomic E-state index is 10.1. The van der Waals surface area contributed by atoms with Gasteiger partial charge in [-0.05, 0) is 64.0 Å². The number of rotatable bonds is 7. The van der Waals surface area contributed by atoms with E-state index in [0.29, 0.717) is 0 Å². The summed E-state index contributed by atoms with van der Waals surface area (Å²) < 4.78 is 6.40. The van der Waals surface area contributed by atoms with Crippen LogP contribution in [-0.4, -0.2) is 36.3 Å². The summed E-state index contributed by atoms with van der Waals surface area (Å²) in [7, 11) is -5.28. The zero-order valence-corrected chi connectivity index (χ0v) is 14.8. The maximum atomic E-state index is 10.1. The molecule has 0 radical (unpaired) electrons. The highest BCUT2D eigenvalue weighted by atomic mass is 28.5. The van der Waals surface area contributed by atoms with Crippen LogP contribution in [0.1, 0.15) is 6.42 Å². The standard InChI is InChI=1S/C10H29NO2Si3/c1-14(2,3)13-16(6,9-7-8-11)10-15(4,5)12/h12H,7-11H2,1-6H3. The first-order chi connectivity index (χ1) is 6.97. The Morgan fingerprint density at radius 3 is 1.88 bits per heavy atom. The summed E-state index contributed by atoms with van der Waals surface area (Å²) in [6, 6.07) is 1.09. The Morgan fingerprint density at radius 2 is 1.56 bits per heavy atom. The topological polar surface area (TPSA) is 55.5 Å². The summed E-state index contributed by atoms with van der Waals surface area (Å²) in [6.07, 6.45) is 1.03. The Morgan fingerprint density at radius 1 is 1.06 bits per heavy atom. The molecule has 0 aromatic carbocycles. The van der Waals surface area contributed by atoms with Gasteiger partial charge in [-0.3, -0.25) is 0 Å². The van der Waals surface area contributed by atoms with Crippen molar-refractivity contribution in [3.05, 3.63) is 0 Å². The molecule has 0 amide bonds. The molecule has 0 bridgehead atoms. The molecule has 0 aliphatic heterocycles. The van der Waals surface area contributed by atoms with Gasteiger partial charge in [0, 0.05) is 0 Å². The van der Waals surface area contributed by atoms with Crippen molar-refractivity contribution in [1.29, 1.82) is 0 Å². The highest BCUT2D eigenvalue weighted by Gasteiger charge is 2.39. The summed E-state index contributed by atoms with van der Waals surface area (Å²) in [4.78, 5) is 10.1. The first kappa shape index (κ1) is 16.5. The van der Waals surface area contributed by atoms with Gasteiger partial charge in [-0.2, -0.15) is 0 Å².